The Balaban J connectivity index is 2.01. The summed E-state index contributed by atoms with van der Waals surface area (Å²) >= 11 is 3.52. The summed E-state index contributed by atoms with van der Waals surface area (Å²) in [5, 5.41) is 0. The van der Waals surface area contributed by atoms with E-state index in [1.807, 2.05) is 0 Å². The molecule has 88 valence electrons. The molecule has 0 radical (unpaired) electrons. The standard InChI is InChI=1S/C14H20BrN/c1-12-10-14(15)7-6-13(12)11-16-8-4-2-3-5-9-16/h6-7,10H,2-5,8-9,11H2,1H3. The lowest BCUT2D eigenvalue weighted by molar-refractivity contribution is 0.276. The lowest BCUT2D eigenvalue weighted by Gasteiger charge is -2.20. The van der Waals surface area contributed by atoms with Gasteiger partial charge in [-0.15, -0.1) is 0 Å². The number of aryl methyl sites for hydroxylation is 1. The minimum atomic E-state index is 1.12. The lowest BCUT2D eigenvalue weighted by Crippen LogP contribution is -2.24. The van der Waals surface area contributed by atoms with Gasteiger partial charge in [-0.2, -0.15) is 0 Å². The second-order valence-corrected chi connectivity index (χ2v) is 5.68. The molecule has 1 aliphatic heterocycles. The highest BCUT2D eigenvalue weighted by Gasteiger charge is 2.10. The van der Waals surface area contributed by atoms with Gasteiger partial charge in [0.1, 0.15) is 0 Å². The van der Waals surface area contributed by atoms with Crippen LogP contribution in [0.15, 0.2) is 22.7 Å². The lowest BCUT2D eigenvalue weighted by atomic mass is 10.1. The van der Waals surface area contributed by atoms with Gasteiger partial charge in [-0.1, -0.05) is 34.8 Å². The highest BCUT2D eigenvalue weighted by Crippen LogP contribution is 2.19. The van der Waals surface area contributed by atoms with E-state index in [4.69, 9.17) is 0 Å². The fraction of sp³-hybridized carbons (Fsp3) is 0.571. The van der Waals surface area contributed by atoms with Crippen molar-refractivity contribution in [3.63, 3.8) is 0 Å². The van der Waals surface area contributed by atoms with Crippen molar-refractivity contribution in [2.24, 2.45) is 0 Å². The molecule has 2 heteroatoms. The predicted octanol–water partition coefficient (Wildman–Crippen LogP) is 4.13. The third-order valence-electron chi connectivity index (χ3n) is 3.40. The highest BCUT2D eigenvalue weighted by atomic mass is 79.9. The van der Waals surface area contributed by atoms with Gasteiger partial charge in [-0.25, -0.2) is 0 Å². The normalized spacial score (nSPS) is 18.4. The first-order valence-electron chi connectivity index (χ1n) is 6.23. The van der Waals surface area contributed by atoms with Crippen LogP contribution in [-0.2, 0) is 6.54 Å². The first kappa shape index (κ1) is 12.1. The third-order valence-corrected chi connectivity index (χ3v) is 3.89. The van der Waals surface area contributed by atoms with Gasteiger partial charge in [-0.05, 0) is 56.1 Å². The number of nitrogens with zero attached hydrogens (tertiary/aromatic N) is 1. The Labute approximate surface area is 107 Å². The summed E-state index contributed by atoms with van der Waals surface area (Å²) < 4.78 is 1.18. The van der Waals surface area contributed by atoms with E-state index in [1.165, 1.54) is 54.4 Å². The SMILES string of the molecule is Cc1cc(Br)ccc1CN1CCCCCC1. The van der Waals surface area contributed by atoms with Crippen molar-refractivity contribution in [3.8, 4) is 0 Å². The first-order chi connectivity index (χ1) is 7.75. The summed E-state index contributed by atoms with van der Waals surface area (Å²) in [5.74, 6) is 0. The molecule has 1 saturated heterocycles. The smallest absolute Gasteiger partial charge is 0.0236 e. The van der Waals surface area contributed by atoms with E-state index in [9.17, 15) is 0 Å². The summed E-state index contributed by atoms with van der Waals surface area (Å²) in [4.78, 5) is 2.60. The van der Waals surface area contributed by atoms with Crippen molar-refractivity contribution in [2.45, 2.75) is 39.2 Å². The summed E-state index contributed by atoms with van der Waals surface area (Å²) in [6, 6.07) is 6.62. The van der Waals surface area contributed by atoms with Crippen LogP contribution in [0.4, 0.5) is 0 Å². The highest BCUT2D eigenvalue weighted by molar-refractivity contribution is 9.10. The molecule has 0 unspecified atom stereocenters. The Bertz CT molecular complexity index is 341. The van der Waals surface area contributed by atoms with E-state index in [-0.39, 0.29) is 0 Å². The Kier molecular flexibility index (Phi) is 4.42. The van der Waals surface area contributed by atoms with Crippen LogP contribution < -0.4 is 0 Å². The monoisotopic (exact) mass is 281 g/mol. The maximum Gasteiger partial charge on any atom is 0.0236 e. The number of benzene rings is 1. The van der Waals surface area contributed by atoms with Crippen LogP contribution in [0.3, 0.4) is 0 Å². The van der Waals surface area contributed by atoms with Gasteiger partial charge in [0.05, 0.1) is 0 Å². The first-order valence-corrected chi connectivity index (χ1v) is 7.02. The molecular formula is C14H20BrN. The van der Waals surface area contributed by atoms with Crippen LogP contribution in [0.2, 0.25) is 0 Å². The molecule has 1 aromatic rings. The fourth-order valence-corrected chi connectivity index (χ4v) is 2.85. The molecule has 0 N–H and O–H groups in total. The van der Waals surface area contributed by atoms with Crippen molar-refractivity contribution in [3.05, 3.63) is 33.8 Å². The van der Waals surface area contributed by atoms with E-state index < -0.39 is 0 Å². The molecule has 16 heavy (non-hydrogen) atoms. The average Bonchev–Trinajstić information content (AvgIpc) is 2.51. The van der Waals surface area contributed by atoms with Crippen molar-refractivity contribution in [2.75, 3.05) is 13.1 Å². The van der Waals surface area contributed by atoms with Crippen LogP contribution in [0.25, 0.3) is 0 Å². The molecule has 0 atom stereocenters. The molecule has 0 bridgehead atoms. The van der Waals surface area contributed by atoms with E-state index >= 15 is 0 Å². The van der Waals surface area contributed by atoms with Crippen LogP contribution in [0.5, 0.6) is 0 Å². The van der Waals surface area contributed by atoms with Crippen molar-refractivity contribution < 1.29 is 0 Å². The minimum Gasteiger partial charge on any atom is -0.299 e. The largest absolute Gasteiger partial charge is 0.299 e. The Morgan fingerprint density at radius 1 is 1.12 bits per heavy atom. The minimum absolute atomic E-state index is 1.12. The Morgan fingerprint density at radius 3 is 2.44 bits per heavy atom. The van der Waals surface area contributed by atoms with Crippen LogP contribution in [0.1, 0.15) is 36.8 Å². The van der Waals surface area contributed by atoms with Crippen LogP contribution in [0, 0.1) is 6.92 Å². The maximum atomic E-state index is 3.52. The average molecular weight is 282 g/mol. The molecular weight excluding hydrogens is 262 g/mol. The second-order valence-electron chi connectivity index (χ2n) is 4.76. The number of hydrogen-bond donors (Lipinski definition) is 0. The van der Waals surface area contributed by atoms with Gasteiger partial charge < -0.3 is 0 Å². The second kappa shape index (κ2) is 5.83. The number of halogens is 1. The number of likely N-dealkylation sites (tertiary alicyclic amines) is 1. The molecule has 2 rings (SSSR count). The molecule has 1 heterocycles. The van der Waals surface area contributed by atoms with Crippen molar-refractivity contribution >= 4 is 15.9 Å². The molecule has 1 nitrogen and oxygen atoms in total. The van der Waals surface area contributed by atoms with Gasteiger partial charge in [0, 0.05) is 11.0 Å². The fourth-order valence-electron chi connectivity index (χ4n) is 2.37. The quantitative estimate of drug-likeness (QED) is 0.788. The van der Waals surface area contributed by atoms with Crippen LogP contribution >= 0.6 is 15.9 Å². The summed E-state index contributed by atoms with van der Waals surface area (Å²) in [7, 11) is 0. The summed E-state index contributed by atoms with van der Waals surface area (Å²) in [6.07, 6.45) is 5.57. The molecule has 0 aromatic heterocycles. The number of hydrogen-bond acceptors (Lipinski definition) is 1. The van der Waals surface area contributed by atoms with Gasteiger partial charge in [-0.3, -0.25) is 4.90 Å². The molecule has 0 amide bonds. The van der Waals surface area contributed by atoms with Crippen molar-refractivity contribution in [1.82, 2.24) is 4.90 Å². The molecule has 0 spiro atoms. The van der Waals surface area contributed by atoms with Gasteiger partial charge in [0.15, 0.2) is 0 Å². The topological polar surface area (TPSA) is 3.24 Å². The zero-order valence-corrected chi connectivity index (χ0v) is 11.6. The van der Waals surface area contributed by atoms with Gasteiger partial charge in [0.25, 0.3) is 0 Å². The Hall–Kier alpha value is -0.340. The zero-order valence-electron chi connectivity index (χ0n) is 10.0. The molecule has 0 aliphatic carbocycles. The maximum absolute atomic E-state index is 3.52. The molecule has 0 saturated carbocycles. The Morgan fingerprint density at radius 2 is 1.81 bits per heavy atom. The van der Waals surface area contributed by atoms with Crippen molar-refractivity contribution in [1.29, 1.82) is 0 Å². The molecule has 1 fully saturated rings. The molecule has 1 aliphatic rings. The zero-order chi connectivity index (χ0) is 11.4. The van der Waals surface area contributed by atoms with E-state index in [1.54, 1.807) is 0 Å². The third kappa shape index (κ3) is 3.33. The van der Waals surface area contributed by atoms with Gasteiger partial charge >= 0.3 is 0 Å². The molecule has 1 aromatic carbocycles. The van der Waals surface area contributed by atoms with Gasteiger partial charge in [0.2, 0.25) is 0 Å². The summed E-state index contributed by atoms with van der Waals surface area (Å²) in [5.41, 5.74) is 2.88. The van der Waals surface area contributed by atoms with E-state index in [0.717, 1.165) is 6.54 Å². The predicted molar refractivity (Wildman–Crippen MR) is 72.6 cm³/mol. The van der Waals surface area contributed by atoms with Crippen LogP contribution in [-0.4, -0.2) is 18.0 Å². The van der Waals surface area contributed by atoms with E-state index in [2.05, 4.69) is 46.0 Å². The van der Waals surface area contributed by atoms with E-state index in [0.29, 0.717) is 0 Å². The number of rotatable bonds is 2. The summed E-state index contributed by atoms with van der Waals surface area (Å²) in [6.45, 7) is 5.88.